The van der Waals surface area contributed by atoms with E-state index in [0.29, 0.717) is 17.9 Å². The van der Waals surface area contributed by atoms with Crippen LogP contribution in [0, 0.1) is 11.8 Å². The van der Waals surface area contributed by atoms with Crippen molar-refractivity contribution in [3.8, 4) is 0 Å². The normalized spacial score (nSPS) is 25.6. The first-order chi connectivity index (χ1) is 8.68. The Morgan fingerprint density at radius 2 is 1.94 bits per heavy atom. The van der Waals surface area contributed by atoms with E-state index < -0.39 is 0 Å². The Bertz CT molecular complexity index is 266. The number of carbonyl (C=O) groups excluding carboxylic acids is 1. The fourth-order valence-corrected chi connectivity index (χ4v) is 3.33. The molecule has 0 aromatic heterocycles. The Balaban J connectivity index is 1.99. The maximum Gasteiger partial charge on any atom is 0.227 e. The molecule has 0 aromatic rings. The first-order valence-corrected chi connectivity index (χ1v) is 7.69. The van der Waals surface area contributed by atoms with Gasteiger partial charge in [-0.1, -0.05) is 26.7 Å². The van der Waals surface area contributed by atoms with Gasteiger partial charge < -0.3 is 10.2 Å². The van der Waals surface area contributed by atoms with Crippen molar-refractivity contribution in [1.82, 2.24) is 10.2 Å². The number of piperidine rings is 1. The van der Waals surface area contributed by atoms with Crippen molar-refractivity contribution < 1.29 is 4.79 Å². The van der Waals surface area contributed by atoms with Crippen molar-refractivity contribution in [3.05, 3.63) is 0 Å². The molecule has 0 bridgehead atoms. The van der Waals surface area contributed by atoms with Gasteiger partial charge in [0.2, 0.25) is 5.91 Å². The lowest BCUT2D eigenvalue weighted by Gasteiger charge is -2.35. The summed E-state index contributed by atoms with van der Waals surface area (Å²) < 4.78 is 0. The summed E-state index contributed by atoms with van der Waals surface area (Å²) in [6.07, 6.45) is 7.27. The number of hydrogen-bond acceptors (Lipinski definition) is 2. The average molecular weight is 252 g/mol. The Hall–Kier alpha value is -0.570. The molecule has 18 heavy (non-hydrogen) atoms. The van der Waals surface area contributed by atoms with Crippen molar-refractivity contribution in [2.75, 3.05) is 19.6 Å². The zero-order valence-electron chi connectivity index (χ0n) is 12.0. The number of carbonyl (C=O) groups is 1. The zero-order valence-corrected chi connectivity index (χ0v) is 12.0. The monoisotopic (exact) mass is 252 g/mol. The van der Waals surface area contributed by atoms with E-state index in [9.17, 15) is 4.79 Å². The Morgan fingerprint density at radius 1 is 1.22 bits per heavy atom. The maximum absolute atomic E-state index is 12.7. The van der Waals surface area contributed by atoms with Gasteiger partial charge in [0.05, 0.1) is 5.92 Å². The standard InChI is InChI=1S/C15H28N2O/c1-12(2)11-17(14-7-3-4-8-14)15(18)13-6-5-9-16-10-13/h12-14,16H,3-11H2,1-2H3/t13-/m0/s1. The Labute approximate surface area is 111 Å². The summed E-state index contributed by atoms with van der Waals surface area (Å²) in [5, 5.41) is 3.37. The molecular formula is C15H28N2O. The lowest BCUT2D eigenvalue weighted by molar-refractivity contribution is -0.139. The number of nitrogens with zero attached hydrogens (tertiary/aromatic N) is 1. The van der Waals surface area contributed by atoms with Gasteiger partial charge in [0.1, 0.15) is 0 Å². The van der Waals surface area contributed by atoms with E-state index in [1.165, 1.54) is 25.7 Å². The third-order valence-electron chi connectivity index (χ3n) is 4.26. The van der Waals surface area contributed by atoms with E-state index in [-0.39, 0.29) is 5.92 Å². The van der Waals surface area contributed by atoms with Crippen molar-refractivity contribution in [2.45, 2.75) is 58.4 Å². The minimum Gasteiger partial charge on any atom is -0.339 e. The molecule has 3 nitrogen and oxygen atoms in total. The van der Waals surface area contributed by atoms with Gasteiger partial charge in [0.15, 0.2) is 0 Å². The number of nitrogens with one attached hydrogen (secondary N) is 1. The number of rotatable bonds is 4. The van der Waals surface area contributed by atoms with Crippen LogP contribution in [0.1, 0.15) is 52.4 Å². The summed E-state index contributed by atoms with van der Waals surface area (Å²) in [5.41, 5.74) is 0. The van der Waals surface area contributed by atoms with E-state index >= 15 is 0 Å². The molecule has 1 aliphatic carbocycles. The summed E-state index contributed by atoms with van der Waals surface area (Å²) in [4.78, 5) is 14.9. The van der Waals surface area contributed by atoms with Gasteiger partial charge in [0.25, 0.3) is 0 Å². The minimum absolute atomic E-state index is 0.234. The second-order valence-electron chi connectivity index (χ2n) is 6.37. The SMILES string of the molecule is CC(C)CN(C(=O)[C@H]1CCCNC1)C1CCCC1. The van der Waals surface area contributed by atoms with Gasteiger partial charge >= 0.3 is 0 Å². The van der Waals surface area contributed by atoms with Gasteiger partial charge in [-0.15, -0.1) is 0 Å². The highest BCUT2D eigenvalue weighted by Crippen LogP contribution is 2.26. The van der Waals surface area contributed by atoms with Gasteiger partial charge in [-0.3, -0.25) is 4.79 Å². The topological polar surface area (TPSA) is 32.3 Å². The fourth-order valence-electron chi connectivity index (χ4n) is 3.33. The van der Waals surface area contributed by atoms with E-state index in [2.05, 4.69) is 24.1 Å². The van der Waals surface area contributed by atoms with E-state index in [0.717, 1.165) is 32.5 Å². The average Bonchev–Trinajstić information content (AvgIpc) is 2.89. The summed E-state index contributed by atoms with van der Waals surface area (Å²) >= 11 is 0. The predicted molar refractivity (Wildman–Crippen MR) is 74.4 cm³/mol. The molecule has 104 valence electrons. The lowest BCUT2D eigenvalue weighted by atomic mass is 9.96. The van der Waals surface area contributed by atoms with Gasteiger partial charge in [0, 0.05) is 19.1 Å². The molecule has 0 aromatic carbocycles. The van der Waals surface area contributed by atoms with E-state index in [4.69, 9.17) is 0 Å². The highest BCUT2D eigenvalue weighted by molar-refractivity contribution is 5.79. The minimum atomic E-state index is 0.234. The van der Waals surface area contributed by atoms with Crippen molar-refractivity contribution in [1.29, 1.82) is 0 Å². The Morgan fingerprint density at radius 3 is 2.50 bits per heavy atom. The zero-order chi connectivity index (χ0) is 13.0. The third kappa shape index (κ3) is 3.47. The van der Waals surface area contributed by atoms with Crippen molar-refractivity contribution >= 4 is 5.91 Å². The maximum atomic E-state index is 12.7. The van der Waals surface area contributed by atoms with Crippen LogP contribution in [-0.4, -0.2) is 36.5 Å². The highest BCUT2D eigenvalue weighted by Gasteiger charge is 2.32. The molecule has 1 N–H and O–H groups in total. The molecule has 1 aliphatic heterocycles. The molecule has 1 saturated heterocycles. The van der Waals surface area contributed by atoms with Crippen LogP contribution in [0.2, 0.25) is 0 Å². The molecule has 1 atom stereocenters. The van der Waals surface area contributed by atoms with Crippen LogP contribution in [0.15, 0.2) is 0 Å². The summed E-state index contributed by atoms with van der Waals surface area (Å²) in [7, 11) is 0. The highest BCUT2D eigenvalue weighted by atomic mass is 16.2. The molecule has 3 heteroatoms. The van der Waals surface area contributed by atoms with Crippen LogP contribution < -0.4 is 5.32 Å². The molecule has 0 spiro atoms. The van der Waals surface area contributed by atoms with Gasteiger partial charge in [-0.05, 0) is 38.1 Å². The summed E-state index contributed by atoms with van der Waals surface area (Å²) in [6.45, 7) is 7.35. The Kier molecular flexibility index (Phi) is 5.04. The summed E-state index contributed by atoms with van der Waals surface area (Å²) in [5.74, 6) is 1.23. The number of amides is 1. The first-order valence-electron chi connectivity index (χ1n) is 7.69. The number of hydrogen-bond donors (Lipinski definition) is 1. The second-order valence-corrected chi connectivity index (χ2v) is 6.37. The largest absolute Gasteiger partial charge is 0.339 e. The van der Waals surface area contributed by atoms with Crippen LogP contribution in [0.4, 0.5) is 0 Å². The molecule has 2 aliphatic rings. The van der Waals surface area contributed by atoms with Crippen molar-refractivity contribution in [3.63, 3.8) is 0 Å². The molecule has 1 amide bonds. The molecule has 1 saturated carbocycles. The molecule has 0 radical (unpaired) electrons. The molecular weight excluding hydrogens is 224 g/mol. The van der Waals surface area contributed by atoms with Gasteiger partial charge in [-0.25, -0.2) is 0 Å². The molecule has 2 rings (SSSR count). The fraction of sp³-hybridized carbons (Fsp3) is 0.933. The lowest BCUT2D eigenvalue weighted by Crippen LogP contribution is -2.48. The quantitative estimate of drug-likeness (QED) is 0.833. The molecule has 1 heterocycles. The first kappa shape index (κ1) is 13.9. The predicted octanol–water partition coefficient (Wildman–Crippen LogP) is 2.41. The van der Waals surface area contributed by atoms with E-state index in [1.807, 2.05) is 0 Å². The van der Waals surface area contributed by atoms with E-state index in [1.54, 1.807) is 0 Å². The van der Waals surface area contributed by atoms with Gasteiger partial charge in [-0.2, -0.15) is 0 Å². The smallest absolute Gasteiger partial charge is 0.227 e. The van der Waals surface area contributed by atoms with Crippen LogP contribution in [-0.2, 0) is 4.79 Å². The van der Waals surface area contributed by atoms with Crippen LogP contribution in [0.25, 0.3) is 0 Å². The summed E-state index contributed by atoms with van der Waals surface area (Å²) in [6, 6.07) is 0.529. The molecule has 2 fully saturated rings. The van der Waals surface area contributed by atoms with Crippen LogP contribution >= 0.6 is 0 Å². The van der Waals surface area contributed by atoms with Crippen LogP contribution in [0.3, 0.4) is 0 Å². The third-order valence-corrected chi connectivity index (χ3v) is 4.26. The second kappa shape index (κ2) is 6.55. The van der Waals surface area contributed by atoms with Crippen LogP contribution in [0.5, 0.6) is 0 Å². The van der Waals surface area contributed by atoms with Crippen molar-refractivity contribution in [2.24, 2.45) is 11.8 Å². The molecule has 0 unspecified atom stereocenters.